The quantitative estimate of drug-likeness (QED) is 0.906. The van der Waals surface area contributed by atoms with Gasteiger partial charge < -0.3 is 10.0 Å². The van der Waals surface area contributed by atoms with Gasteiger partial charge in [0.05, 0.1) is 5.41 Å². The Kier molecular flexibility index (Phi) is 3.95. The lowest BCUT2D eigenvalue weighted by atomic mass is 9.84. The summed E-state index contributed by atoms with van der Waals surface area (Å²) < 4.78 is 0. The van der Waals surface area contributed by atoms with E-state index < -0.39 is 11.4 Å². The molecule has 1 aliphatic rings. The van der Waals surface area contributed by atoms with Crippen molar-refractivity contribution in [2.24, 2.45) is 5.41 Å². The number of carbonyl (C=O) groups is 1. The van der Waals surface area contributed by atoms with Crippen LogP contribution in [0.25, 0.3) is 0 Å². The first-order chi connectivity index (χ1) is 8.88. The molecule has 1 fully saturated rings. The Morgan fingerprint density at radius 3 is 2.79 bits per heavy atom. The molecule has 19 heavy (non-hydrogen) atoms. The predicted molar refractivity (Wildman–Crippen MR) is 76.4 cm³/mol. The van der Waals surface area contributed by atoms with E-state index in [2.05, 4.69) is 30.1 Å². The molecule has 1 saturated heterocycles. The lowest BCUT2D eigenvalue weighted by Crippen LogP contribution is -2.26. The highest BCUT2D eigenvalue weighted by Crippen LogP contribution is 2.29. The minimum atomic E-state index is -0.737. The lowest BCUT2D eigenvalue weighted by Gasteiger charge is -2.20. The standard InChI is InChI=1S/C16H23NO2/c1-16(2,15(18)19)10-12-5-4-6-13(9-12)14-7-8-17(3)11-14/h4-6,9,14H,7-8,10-11H2,1-3H3,(H,18,19). The summed E-state index contributed by atoms with van der Waals surface area (Å²) in [4.78, 5) is 13.5. The zero-order chi connectivity index (χ0) is 14.0. The van der Waals surface area contributed by atoms with Crippen molar-refractivity contribution in [2.75, 3.05) is 20.1 Å². The van der Waals surface area contributed by atoms with Gasteiger partial charge in [-0.2, -0.15) is 0 Å². The molecule has 3 nitrogen and oxygen atoms in total. The number of likely N-dealkylation sites (N-methyl/N-ethyl adjacent to an activating group) is 1. The van der Waals surface area contributed by atoms with E-state index in [4.69, 9.17) is 0 Å². The van der Waals surface area contributed by atoms with E-state index >= 15 is 0 Å². The summed E-state index contributed by atoms with van der Waals surface area (Å²) in [6.45, 7) is 5.82. The average molecular weight is 261 g/mol. The summed E-state index contributed by atoms with van der Waals surface area (Å²) in [5.41, 5.74) is 1.77. The summed E-state index contributed by atoms with van der Waals surface area (Å²) in [5, 5.41) is 9.21. The normalized spacial score (nSPS) is 20.7. The largest absolute Gasteiger partial charge is 0.481 e. The smallest absolute Gasteiger partial charge is 0.309 e. The third-order valence-electron chi connectivity index (χ3n) is 4.04. The molecular formula is C16H23NO2. The maximum atomic E-state index is 11.2. The van der Waals surface area contributed by atoms with Crippen LogP contribution in [0, 0.1) is 5.41 Å². The molecule has 0 aromatic heterocycles. The van der Waals surface area contributed by atoms with E-state index in [0.29, 0.717) is 12.3 Å². The van der Waals surface area contributed by atoms with Gasteiger partial charge in [-0.05, 0) is 57.3 Å². The zero-order valence-corrected chi connectivity index (χ0v) is 12.0. The molecule has 0 saturated carbocycles. The average Bonchev–Trinajstić information content (AvgIpc) is 2.75. The number of aliphatic carboxylic acids is 1. The van der Waals surface area contributed by atoms with Gasteiger partial charge >= 0.3 is 5.97 Å². The fourth-order valence-corrected chi connectivity index (χ4v) is 2.75. The highest BCUT2D eigenvalue weighted by Gasteiger charge is 2.28. The van der Waals surface area contributed by atoms with Gasteiger partial charge in [-0.1, -0.05) is 24.3 Å². The summed E-state index contributed by atoms with van der Waals surface area (Å²) in [7, 11) is 2.15. The minimum Gasteiger partial charge on any atom is -0.481 e. The molecule has 0 radical (unpaired) electrons. The van der Waals surface area contributed by atoms with Gasteiger partial charge in [0.15, 0.2) is 0 Å². The van der Waals surface area contributed by atoms with Crippen molar-refractivity contribution < 1.29 is 9.90 Å². The monoisotopic (exact) mass is 261 g/mol. The van der Waals surface area contributed by atoms with Crippen molar-refractivity contribution in [3.63, 3.8) is 0 Å². The van der Waals surface area contributed by atoms with Crippen LogP contribution in [0.3, 0.4) is 0 Å². The molecule has 2 rings (SSSR count). The van der Waals surface area contributed by atoms with Gasteiger partial charge in [-0.25, -0.2) is 0 Å². The summed E-state index contributed by atoms with van der Waals surface area (Å²) in [6, 6.07) is 8.45. The van der Waals surface area contributed by atoms with Gasteiger partial charge in [-0.15, -0.1) is 0 Å². The zero-order valence-electron chi connectivity index (χ0n) is 12.0. The van der Waals surface area contributed by atoms with Crippen molar-refractivity contribution in [3.05, 3.63) is 35.4 Å². The van der Waals surface area contributed by atoms with Crippen LogP contribution in [-0.4, -0.2) is 36.1 Å². The van der Waals surface area contributed by atoms with Gasteiger partial charge in [0.2, 0.25) is 0 Å². The number of hydrogen-bond acceptors (Lipinski definition) is 2. The molecule has 1 aliphatic heterocycles. The first kappa shape index (κ1) is 14.1. The Morgan fingerprint density at radius 2 is 2.21 bits per heavy atom. The van der Waals surface area contributed by atoms with E-state index in [1.54, 1.807) is 13.8 Å². The first-order valence-corrected chi connectivity index (χ1v) is 6.89. The molecule has 0 aliphatic carbocycles. The molecule has 0 bridgehead atoms. The second-order valence-electron chi connectivity index (χ2n) is 6.36. The molecule has 0 spiro atoms. The molecule has 1 aromatic rings. The molecule has 1 N–H and O–H groups in total. The van der Waals surface area contributed by atoms with Gasteiger partial charge in [-0.3, -0.25) is 4.79 Å². The molecule has 104 valence electrons. The van der Waals surface area contributed by atoms with Crippen molar-refractivity contribution in [2.45, 2.75) is 32.6 Å². The van der Waals surface area contributed by atoms with Gasteiger partial charge in [0, 0.05) is 6.54 Å². The van der Waals surface area contributed by atoms with Crippen LogP contribution in [0.4, 0.5) is 0 Å². The van der Waals surface area contributed by atoms with Crippen LogP contribution in [-0.2, 0) is 11.2 Å². The number of nitrogens with zero attached hydrogens (tertiary/aromatic N) is 1. The number of carboxylic acid groups (broad SMARTS) is 1. The first-order valence-electron chi connectivity index (χ1n) is 6.89. The van der Waals surface area contributed by atoms with E-state index in [-0.39, 0.29) is 0 Å². The maximum absolute atomic E-state index is 11.2. The van der Waals surface area contributed by atoms with Crippen LogP contribution in [0.5, 0.6) is 0 Å². The Hall–Kier alpha value is -1.35. The number of carboxylic acids is 1. The fourth-order valence-electron chi connectivity index (χ4n) is 2.75. The maximum Gasteiger partial charge on any atom is 0.309 e. The van der Waals surface area contributed by atoms with E-state index in [0.717, 1.165) is 18.7 Å². The van der Waals surface area contributed by atoms with Crippen LogP contribution < -0.4 is 0 Å². The number of rotatable bonds is 4. The summed E-state index contributed by atoms with van der Waals surface area (Å²) in [6.07, 6.45) is 1.78. The van der Waals surface area contributed by atoms with Crippen LogP contribution >= 0.6 is 0 Å². The Bertz CT molecular complexity index is 468. The molecule has 1 atom stereocenters. The highest BCUT2D eigenvalue weighted by atomic mass is 16.4. The highest BCUT2D eigenvalue weighted by molar-refractivity contribution is 5.74. The molecule has 0 amide bonds. The van der Waals surface area contributed by atoms with Crippen molar-refractivity contribution >= 4 is 5.97 Å². The second kappa shape index (κ2) is 5.33. The minimum absolute atomic E-state index is 0.582. The van der Waals surface area contributed by atoms with Gasteiger partial charge in [0.1, 0.15) is 0 Å². The van der Waals surface area contributed by atoms with Crippen LogP contribution in [0.1, 0.15) is 37.3 Å². The topological polar surface area (TPSA) is 40.5 Å². The van der Waals surface area contributed by atoms with E-state index in [1.165, 1.54) is 12.0 Å². The van der Waals surface area contributed by atoms with Crippen molar-refractivity contribution in [3.8, 4) is 0 Å². The summed E-state index contributed by atoms with van der Waals surface area (Å²) >= 11 is 0. The Balaban J connectivity index is 2.13. The van der Waals surface area contributed by atoms with E-state index in [1.807, 2.05) is 6.07 Å². The SMILES string of the molecule is CN1CCC(c2cccc(CC(C)(C)C(=O)O)c2)C1. The van der Waals surface area contributed by atoms with Gasteiger partial charge in [0.25, 0.3) is 0 Å². The molecule has 1 unspecified atom stereocenters. The third-order valence-corrected chi connectivity index (χ3v) is 4.04. The number of likely N-dealkylation sites (tertiary alicyclic amines) is 1. The molecular weight excluding hydrogens is 238 g/mol. The second-order valence-corrected chi connectivity index (χ2v) is 6.36. The van der Waals surface area contributed by atoms with Crippen molar-refractivity contribution in [1.82, 2.24) is 4.90 Å². The fraction of sp³-hybridized carbons (Fsp3) is 0.562. The summed E-state index contributed by atoms with van der Waals surface area (Å²) in [5.74, 6) is -0.142. The molecule has 1 aromatic carbocycles. The molecule has 1 heterocycles. The molecule has 3 heteroatoms. The Labute approximate surface area is 115 Å². The number of hydrogen-bond donors (Lipinski definition) is 1. The predicted octanol–water partition coefficient (Wildman–Crippen LogP) is 2.76. The van der Waals surface area contributed by atoms with Crippen LogP contribution in [0.2, 0.25) is 0 Å². The van der Waals surface area contributed by atoms with Crippen molar-refractivity contribution in [1.29, 1.82) is 0 Å². The Morgan fingerprint density at radius 1 is 1.47 bits per heavy atom. The van der Waals surface area contributed by atoms with Crippen LogP contribution in [0.15, 0.2) is 24.3 Å². The number of benzene rings is 1. The third kappa shape index (κ3) is 3.35. The lowest BCUT2D eigenvalue weighted by molar-refractivity contribution is -0.146. The van der Waals surface area contributed by atoms with E-state index in [9.17, 15) is 9.90 Å².